The zero-order valence-electron chi connectivity index (χ0n) is 49.5. The first-order valence-corrected chi connectivity index (χ1v) is 32.4. The second-order valence-electron chi connectivity index (χ2n) is 21.8. The lowest BCUT2D eigenvalue weighted by molar-refractivity contribution is -0.870. The third kappa shape index (κ3) is 55.7. The number of nitrogens with zero attached hydrogens (tertiary/aromatic N) is 1. The van der Waals surface area contributed by atoms with Crippen molar-refractivity contribution in [2.24, 2.45) is 0 Å². The van der Waals surface area contributed by atoms with E-state index in [4.69, 9.17) is 13.8 Å². The fraction of sp³-hybridized carbons (Fsp3) is 0.754. The van der Waals surface area contributed by atoms with E-state index >= 15 is 0 Å². The van der Waals surface area contributed by atoms with Gasteiger partial charge in [0.25, 0.3) is 0 Å². The number of phosphoric ester groups is 1. The smallest absolute Gasteiger partial charge is 0.456 e. The Morgan fingerprint density at radius 1 is 0.480 bits per heavy atom. The lowest BCUT2D eigenvalue weighted by Crippen LogP contribution is -2.47. The van der Waals surface area contributed by atoms with Crippen LogP contribution in [0.5, 0.6) is 0 Å². The highest BCUT2D eigenvalue weighted by Gasteiger charge is 2.30. The van der Waals surface area contributed by atoms with Crippen LogP contribution in [0.1, 0.15) is 265 Å². The van der Waals surface area contributed by atoms with E-state index in [-0.39, 0.29) is 31.5 Å². The van der Waals surface area contributed by atoms with E-state index in [1.807, 2.05) is 33.3 Å². The van der Waals surface area contributed by atoms with Gasteiger partial charge in [0.15, 0.2) is 0 Å². The predicted molar refractivity (Wildman–Crippen MR) is 323 cm³/mol. The first-order valence-electron chi connectivity index (χ1n) is 30.9. The van der Waals surface area contributed by atoms with Crippen LogP contribution in [-0.4, -0.2) is 74.3 Å². The molecule has 75 heavy (non-hydrogen) atoms. The van der Waals surface area contributed by atoms with Gasteiger partial charge in [-0.2, -0.15) is 0 Å². The van der Waals surface area contributed by atoms with Crippen molar-refractivity contribution in [2.45, 2.75) is 277 Å². The third-order valence-corrected chi connectivity index (χ3v) is 14.3. The maximum Gasteiger partial charge on any atom is 0.472 e. The molecule has 0 spiro atoms. The minimum absolute atomic E-state index is 0.0327. The van der Waals surface area contributed by atoms with E-state index in [2.05, 4.69) is 99.0 Å². The predicted octanol–water partition coefficient (Wildman–Crippen LogP) is 19.0. The van der Waals surface area contributed by atoms with Gasteiger partial charge >= 0.3 is 13.8 Å². The average Bonchev–Trinajstić information content (AvgIpc) is 3.37. The van der Waals surface area contributed by atoms with E-state index in [0.717, 1.165) is 116 Å². The van der Waals surface area contributed by atoms with Gasteiger partial charge in [0.1, 0.15) is 19.3 Å². The number of carbonyl (C=O) groups is 2. The van der Waals surface area contributed by atoms with Crippen LogP contribution in [0.25, 0.3) is 0 Å². The Morgan fingerprint density at radius 3 is 1.31 bits per heavy atom. The number of allylic oxidation sites excluding steroid dienone is 13. The molecule has 0 aromatic carbocycles. The number of esters is 1. The number of carbonyl (C=O) groups excluding carboxylic acids is 2. The maximum atomic E-state index is 13.5. The molecule has 0 aliphatic carbocycles. The summed E-state index contributed by atoms with van der Waals surface area (Å²) < 4.78 is 30.7. The molecule has 1 amide bonds. The molecule has 0 aromatic rings. The van der Waals surface area contributed by atoms with Gasteiger partial charge in [-0.25, -0.2) is 4.57 Å². The van der Waals surface area contributed by atoms with Crippen molar-refractivity contribution in [3.63, 3.8) is 0 Å². The Bertz CT molecular complexity index is 1560. The van der Waals surface area contributed by atoms with Crippen LogP contribution >= 0.6 is 7.82 Å². The van der Waals surface area contributed by atoms with Crippen molar-refractivity contribution in [1.29, 1.82) is 0 Å². The van der Waals surface area contributed by atoms with Gasteiger partial charge in [-0.05, 0) is 102 Å². The highest BCUT2D eigenvalue weighted by Crippen LogP contribution is 2.43. The van der Waals surface area contributed by atoms with Crippen molar-refractivity contribution >= 4 is 19.7 Å². The van der Waals surface area contributed by atoms with E-state index in [1.54, 1.807) is 0 Å². The van der Waals surface area contributed by atoms with Crippen molar-refractivity contribution < 1.29 is 37.3 Å². The molecule has 3 atom stereocenters. The molecule has 0 bridgehead atoms. The molecule has 2 N–H and O–H groups in total. The summed E-state index contributed by atoms with van der Waals surface area (Å²) in [6.45, 7) is 6.87. The van der Waals surface area contributed by atoms with Gasteiger partial charge in [-0.1, -0.05) is 235 Å². The molecular weight excluding hydrogens is 952 g/mol. The van der Waals surface area contributed by atoms with Crippen molar-refractivity contribution in [2.75, 3.05) is 40.9 Å². The van der Waals surface area contributed by atoms with Crippen LogP contribution in [0.2, 0.25) is 0 Å². The van der Waals surface area contributed by atoms with Crippen LogP contribution in [0.3, 0.4) is 0 Å². The molecule has 10 heteroatoms. The van der Waals surface area contributed by atoms with Crippen LogP contribution in [0.4, 0.5) is 0 Å². The molecule has 0 rings (SSSR count). The Hall–Kier alpha value is -2.81. The Balaban J connectivity index is 5.27. The van der Waals surface area contributed by atoms with Gasteiger partial charge in [0.05, 0.1) is 33.8 Å². The summed E-state index contributed by atoms with van der Waals surface area (Å²) in [5.74, 6) is -0.537. The van der Waals surface area contributed by atoms with Crippen molar-refractivity contribution in [3.05, 3.63) is 85.1 Å². The summed E-state index contributed by atoms with van der Waals surface area (Å²) >= 11 is 0. The fourth-order valence-electron chi connectivity index (χ4n) is 8.55. The van der Waals surface area contributed by atoms with E-state index < -0.39 is 20.0 Å². The lowest BCUT2D eigenvalue weighted by atomic mass is 10.0. The van der Waals surface area contributed by atoms with E-state index in [0.29, 0.717) is 17.4 Å². The molecular formula is C65H118N2O7P+. The molecule has 0 saturated carbocycles. The first kappa shape index (κ1) is 72.2. The second kappa shape index (κ2) is 54.5. The van der Waals surface area contributed by atoms with Crippen LogP contribution in [-0.2, 0) is 27.9 Å². The number of amides is 1. The molecule has 3 unspecified atom stereocenters. The molecule has 0 aliphatic heterocycles. The average molecular weight is 1070 g/mol. The fourth-order valence-corrected chi connectivity index (χ4v) is 9.29. The summed E-state index contributed by atoms with van der Waals surface area (Å²) in [4.78, 5) is 37.7. The number of hydrogen-bond donors (Lipinski definition) is 2. The topological polar surface area (TPSA) is 111 Å². The minimum Gasteiger partial charge on any atom is -0.456 e. The standard InChI is InChI=1S/C65H117N2O7P/c1-7-10-13-16-19-22-25-28-29-30-31-32-33-34-35-36-37-40-43-46-49-52-55-58-65(69)74-63(56-53-50-47-44-41-38-26-23-20-17-14-11-8-2)62(61-73-75(70,71)72-60-59-67(4,5)6)66-64(68)57-54-51-48-45-42-39-27-24-21-18-15-12-9-3/h10,13,19,22,28-29,31-32,34-35,39,42,53,56,62-63H,7-9,11-12,14-18,20-21,23-27,30,33,36-38,40-41,43-52,54-55,57-61H2,1-6H3,(H-,66,68,70,71)/p+1/b13-10-,22-19-,29-28-,32-31-,35-34-,42-39-,56-53-. The zero-order valence-corrected chi connectivity index (χ0v) is 50.4. The van der Waals surface area contributed by atoms with Gasteiger partial charge in [0.2, 0.25) is 5.91 Å². The number of ether oxygens (including phenoxy) is 1. The molecule has 0 aromatic heterocycles. The summed E-state index contributed by atoms with van der Waals surface area (Å²) in [5, 5.41) is 3.04. The summed E-state index contributed by atoms with van der Waals surface area (Å²) in [7, 11) is 1.47. The molecule has 434 valence electrons. The monoisotopic (exact) mass is 1070 g/mol. The van der Waals surface area contributed by atoms with Gasteiger partial charge in [0, 0.05) is 12.8 Å². The third-order valence-electron chi connectivity index (χ3n) is 13.3. The van der Waals surface area contributed by atoms with Crippen LogP contribution < -0.4 is 5.32 Å². The Labute approximate surface area is 463 Å². The number of unbranched alkanes of at least 4 members (excludes halogenated alkanes) is 27. The van der Waals surface area contributed by atoms with E-state index in [9.17, 15) is 19.0 Å². The van der Waals surface area contributed by atoms with Crippen LogP contribution in [0, 0.1) is 0 Å². The minimum atomic E-state index is -4.46. The van der Waals surface area contributed by atoms with E-state index in [1.165, 1.54) is 116 Å². The highest BCUT2D eigenvalue weighted by molar-refractivity contribution is 7.47. The van der Waals surface area contributed by atoms with Crippen molar-refractivity contribution in [3.8, 4) is 0 Å². The van der Waals surface area contributed by atoms with Gasteiger partial charge < -0.3 is 19.4 Å². The van der Waals surface area contributed by atoms with Gasteiger partial charge in [-0.3, -0.25) is 18.6 Å². The Morgan fingerprint density at radius 2 is 0.853 bits per heavy atom. The van der Waals surface area contributed by atoms with Crippen LogP contribution in [0.15, 0.2) is 85.1 Å². The molecule has 0 heterocycles. The highest BCUT2D eigenvalue weighted by atomic mass is 31.2. The van der Waals surface area contributed by atoms with Crippen molar-refractivity contribution in [1.82, 2.24) is 5.32 Å². The maximum absolute atomic E-state index is 13.5. The summed E-state index contributed by atoms with van der Waals surface area (Å²) in [6.07, 6.45) is 71.5. The second-order valence-corrected chi connectivity index (χ2v) is 23.3. The SMILES string of the molecule is CC/C=C\C/C=C\C/C=C\C/C=C\C/C=C\CCCCCCCCCC(=O)OC(/C=C\CCCCCCCCCCCCC)C(COP(=O)(O)OCC[N+](C)(C)C)NC(=O)CCCCC/C=C\CCCCCCCC. The first-order chi connectivity index (χ1) is 36.4. The number of likely N-dealkylation sites (N-methyl/N-ethyl adjacent to an activating group) is 1. The number of nitrogens with one attached hydrogen (secondary N) is 1. The molecule has 0 radical (unpaired) electrons. The number of phosphoric acid groups is 1. The summed E-state index contributed by atoms with van der Waals surface area (Å²) in [5.41, 5.74) is 0. The number of rotatable bonds is 55. The molecule has 9 nitrogen and oxygen atoms in total. The molecule has 0 saturated heterocycles. The number of hydrogen-bond acceptors (Lipinski definition) is 6. The summed E-state index contributed by atoms with van der Waals surface area (Å²) in [6, 6.07) is -0.864. The largest absolute Gasteiger partial charge is 0.472 e. The number of quaternary nitrogens is 1. The molecule has 0 aliphatic rings. The lowest BCUT2D eigenvalue weighted by Gasteiger charge is -2.27. The van der Waals surface area contributed by atoms with Gasteiger partial charge in [-0.15, -0.1) is 0 Å². The Kier molecular flexibility index (Phi) is 52.5. The quantitative estimate of drug-likeness (QED) is 0.0205. The normalized spacial score (nSPS) is 14.3. The molecule has 0 fully saturated rings. The zero-order chi connectivity index (χ0) is 55.0.